The van der Waals surface area contributed by atoms with Crippen LogP contribution in [0.2, 0.25) is 0 Å². The van der Waals surface area contributed by atoms with E-state index in [1.165, 1.54) is 12.0 Å². The van der Waals surface area contributed by atoms with E-state index in [0.29, 0.717) is 6.61 Å². The molecule has 1 aromatic rings. The van der Waals surface area contributed by atoms with E-state index < -0.39 is 0 Å². The molecule has 1 aliphatic heterocycles. The van der Waals surface area contributed by atoms with E-state index >= 15 is 0 Å². The van der Waals surface area contributed by atoms with Crippen LogP contribution in [0.4, 0.5) is 0 Å². The molecule has 0 atom stereocenters. The highest BCUT2D eigenvalue weighted by molar-refractivity contribution is 5.96. The topological polar surface area (TPSA) is 50.8 Å². The van der Waals surface area contributed by atoms with Gasteiger partial charge in [0.25, 0.3) is 5.91 Å². The largest absolute Gasteiger partial charge is 0.490 e. The number of nitrogens with one attached hydrogen (secondary N) is 1. The van der Waals surface area contributed by atoms with Crippen molar-refractivity contribution in [2.24, 2.45) is 0 Å². The molecule has 0 saturated carbocycles. The molecule has 0 radical (unpaired) electrons. The second kappa shape index (κ2) is 15.5. The van der Waals surface area contributed by atoms with Gasteiger partial charge in [0.05, 0.1) is 12.7 Å². The molecule has 1 heterocycles. The molecule has 1 N–H and O–H groups in total. The summed E-state index contributed by atoms with van der Waals surface area (Å²) in [5.41, 5.74) is 2.21. The maximum Gasteiger partial charge on any atom is 0.253 e. The Kier molecular flexibility index (Phi) is 12.7. The van der Waals surface area contributed by atoms with Crippen molar-refractivity contribution in [1.82, 2.24) is 10.2 Å². The fourth-order valence-electron chi connectivity index (χ4n) is 4.05. The molecule has 1 saturated heterocycles. The van der Waals surface area contributed by atoms with E-state index in [-0.39, 0.29) is 12.0 Å². The molecule has 184 valence electrons. The number of ether oxygens (including phenoxy) is 2. The van der Waals surface area contributed by atoms with Crippen LogP contribution in [-0.2, 0) is 4.79 Å². The molecule has 0 aromatic heterocycles. The number of allylic oxidation sites excluding steroid dienone is 1. The fraction of sp³-hybridized carbons (Fsp3) is 0.607. The minimum absolute atomic E-state index is 0.125. The molecule has 3 rings (SSSR count). The van der Waals surface area contributed by atoms with E-state index in [4.69, 9.17) is 9.47 Å². The molecule has 0 bridgehead atoms. The van der Waals surface area contributed by atoms with E-state index in [1.807, 2.05) is 56.9 Å². The minimum atomic E-state index is 0.125. The summed E-state index contributed by atoms with van der Waals surface area (Å²) in [7, 11) is 0. The Labute approximate surface area is 201 Å². The molecule has 0 unspecified atom stereocenters. The summed E-state index contributed by atoms with van der Waals surface area (Å²) < 4.78 is 11.7. The zero-order chi connectivity index (χ0) is 23.9. The van der Waals surface area contributed by atoms with Crippen molar-refractivity contribution in [3.63, 3.8) is 0 Å². The van der Waals surface area contributed by atoms with Crippen molar-refractivity contribution < 1.29 is 14.3 Å². The van der Waals surface area contributed by atoms with Gasteiger partial charge in [0.1, 0.15) is 0 Å². The standard InChI is InChI=1S/C26H38N2O3.C2H6/c1-21(2)31-25-14-7-6-13-24(25)30-18-10-15-27-20-22-11-4-5-12-23(19-22)26(29)28-16-8-3-9-17-28;1-2/h6-7,12-14,19,21,27H,3-5,8-11,15-18,20H2,1-2H3;1-2H3. The number of hydrogen-bond donors (Lipinski definition) is 1. The summed E-state index contributed by atoms with van der Waals surface area (Å²) in [6.45, 7) is 12.2. The van der Waals surface area contributed by atoms with Crippen LogP contribution in [0.5, 0.6) is 11.5 Å². The first kappa shape index (κ1) is 27.0. The summed E-state index contributed by atoms with van der Waals surface area (Å²) in [4.78, 5) is 14.9. The molecule has 33 heavy (non-hydrogen) atoms. The summed E-state index contributed by atoms with van der Waals surface area (Å²) in [5.74, 6) is 1.82. The summed E-state index contributed by atoms with van der Waals surface area (Å²) in [6.07, 6.45) is 12.0. The average Bonchev–Trinajstić information content (AvgIpc) is 3.09. The van der Waals surface area contributed by atoms with Crippen LogP contribution in [0, 0.1) is 0 Å². The Morgan fingerprint density at radius 2 is 1.79 bits per heavy atom. The van der Waals surface area contributed by atoms with Gasteiger partial charge in [0, 0.05) is 25.2 Å². The maximum atomic E-state index is 12.9. The van der Waals surface area contributed by atoms with Gasteiger partial charge < -0.3 is 19.7 Å². The van der Waals surface area contributed by atoms with Crippen molar-refractivity contribution in [3.8, 4) is 11.5 Å². The molecule has 1 aliphatic carbocycles. The third-order valence-corrected chi connectivity index (χ3v) is 5.64. The van der Waals surface area contributed by atoms with Crippen molar-refractivity contribution in [2.45, 2.75) is 78.7 Å². The smallest absolute Gasteiger partial charge is 0.253 e. The second-order valence-electron chi connectivity index (χ2n) is 8.70. The van der Waals surface area contributed by atoms with Crippen LogP contribution in [0.1, 0.15) is 72.6 Å². The van der Waals surface area contributed by atoms with Crippen LogP contribution in [0.25, 0.3) is 0 Å². The van der Waals surface area contributed by atoms with Crippen LogP contribution < -0.4 is 14.8 Å². The van der Waals surface area contributed by atoms with Crippen LogP contribution in [0.3, 0.4) is 0 Å². The lowest BCUT2D eigenvalue weighted by atomic mass is 10.1. The Morgan fingerprint density at radius 1 is 1.06 bits per heavy atom. The van der Waals surface area contributed by atoms with E-state index in [1.54, 1.807) is 0 Å². The minimum Gasteiger partial charge on any atom is -0.490 e. The Bertz CT molecular complexity index is 764. The third kappa shape index (κ3) is 9.63. The van der Waals surface area contributed by atoms with Crippen LogP contribution >= 0.6 is 0 Å². The lowest BCUT2D eigenvalue weighted by molar-refractivity contribution is -0.127. The zero-order valence-corrected chi connectivity index (χ0v) is 21.2. The lowest BCUT2D eigenvalue weighted by Crippen LogP contribution is -2.36. The van der Waals surface area contributed by atoms with Gasteiger partial charge in [-0.1, -0.05) is 37.6 Å². The van der Waals surface area contributed by atoms with Gasteiger partial charge >= 0.3 is 0 Å². The second-order valence-corrected chi connectivity index (χ2v) is 8.70. The first-order valence-corrected chi connectivity index (χ1v) is 12.9. The molecule has 2 aliphatic rings. The quantitative estimate of drug-likeness (QED) is 0.445. The molecule has 1 amide bonds. The van der Waals surface area contributed by atoms with Crippen molar-refractivity contribution >= 4 is 5.91 Å². The normalized spacial score (nSPS) is 16.2. The van der Waals surface area contributed by atoms with Gasteiger partial charge in [0.2, 0.25) is 0 Å². The predicted molar refractivity (Wildman–Crippen MR) is 137 cm³/mol. The lowest BCUT2D eigenvalue weighted by Gasteiger charge is -2.27. The Morgan fingerprint density at radius 3 is 2.52 bits per heavy atom. The Balaban J connectivity index is 0.00000187. The number of rotatable bonds is 10. The van der Waals surface area contributed by atoms with Gasteiger partial charge in [-0.2, -0.15) is 0 Å². The highest BCUT2D eigenvalue weighted by Crippen LogP contribution is 2.27. The van der Waals surface area contributed by atoms with Gasteiger partial charge in [-0.15, -0.1) is 0 Å². The molecule has 5 nitrogen and oxygen atoms in total. The molecular formula is C28H44N2O3. The number of benzene rings is 1. The van der Waals surface area contributed by atoms with Crippen LogP contribution in [-0.4, -0.2) is 49.7 Å². The third-order valence-electron chi connectivity index (χ3n) is 5.64. The number of para-hydroxylation sites is 2. The number of hydrogen-bond acceptors (Lipinski definition) is 4. The number of amides is 1. The highest BCUT2D eigenvalue weighted by Gasteiger charge is 2.20. The molecule has 0 spiro atoms. The number of nitrogens with zero attached hydrogens (tertiary/aromatic N) is 1. The van der Waals surface area contributed by atoms with E-state index in [0.717, 1.165) is 81.8 Å². The van der Waals surface area contributed by atoms with Crippen molar-refractivity contribution in [2.75, 3.05) is 32.8 Å². The first-order valence-electron chi connectivity index (χ1n) is 12.9. The van der Waals surface area contributed by atoms with E-state index in [2.05, 4.69) is 17.5 Å². The van der Waals surface area contributed by atoms with Crippen molar-refractivity contribution in [1.29, 1.82) is 0 Å². The van der Waals surface area contributed by atoms with Gasteiger partial charge in [0.15, 0.2) is 11.5 Å². The molecular weight excluding hydrogens is 412 g/mol. The number of carbonyl (C=O) groups is 1. The van der Waals surface area contributed by atoms with E-state index in [9.17, 15) is 4.79 Å². The summed E-state index contributed by atoms with van der Waals surface area (Å²) in [6, 6.07) is 7.83. The number of piperidine rings is 1. The summed E-state index contributed by atoms with van der Waals surface area (Å²) >= 11 is 0. The number of likely N-dealkylation sites (tertiary alicyclic amines) is 1. The predicted octanol–water partition coefficient (Wildman–Crippen LogP) is 5.91. The maximum absolute atomic E-state index is 12.9. The fourth-order valence-corrected chi connectivity index (χ4v) is 4.05. The summed E-state index contributed by atoms with van der Waals surface area (Å²) in [5, 5.41) is 3.52. The van der Waals surface area contributed by atoms with Gasteiger partial charge in [-0.25, -0.2) is 0 Å². The SMILES string of the molecule is CC.CC(C)Oc1ccccc1OCCCNCC1=CC(C(=O)N2CCCCC2)=CCCC1. The number of carbonyl (C=O) groups excluding carboxylic acids is 1. The average molecular weight is 457 g/mol. The van der Waals surface area contributed by atoms with Gasteiger partial charge in [-0.05, 0) is 83.5 Å². The Hall–Kier alpha value is -2.27. The van der Waals surface area contributed by atoms with Gasteiger partial charge in [-0.3, -0.25) is 4.79 Å². The molecule has 1 aromatic carbocycles. The van der Waals surface area contributed by atoms with Crippen molar-refractivity contribution in [3.05, 3.63) is 47.6 Å². The molecule has 1 fully saturated rings. The first-order chi connectivity index (χ1) is 16.1. The highest BCUT2D eigenvalue weighted by atomic mass is 16.5. The monoisotopic (exact) mass is 456 g/mol. The zero-order valence-electron chi connectivity index (χ0n) is 21.2. The molecule has 5 heteroatoms. The van der Waals surface area contributed by atoms with Crippen LogP contribution in [0.15, 0.2) is 47.6 Å².